The molecule has 0 aliphatic carbocycles. The van der Waals surface area contributed by atoms with Crippen LogP contribution in [0.3, 0.4) is 0 Å². The number of unbranched alkanes of at least 4 members (excludes halogenated alkanes) is 1. The Morgan fingerprint density at radius 1 is 1.21 bits per heavy atom. The number of aliphatic hydroxyl groups excluding tert-OH is 1. The van der Waals surface area contributed by atoms with Crippen LogP contribution in [0, 0.1) is 0 Å². The number of rotatable bonds is 6. The molecule has 0 spiro atoms. The van der Waals surface area contributed by atoms with Gasteiger partial charge in [-0.25, -0.2) is 0 Å². The van der Waals surface area contributed by atoms with Crippen LogP contribution in [0.4, 0.5) is 0 Å². The third kappa shape index (κ3) is 3.79. The molecule has 2 heterocycles. The van der Waals surface area contributed by atoms with Crippen molar-refractivity contribution in [2.24, 2.45) is 0 Å². The van der Waals surface area contributed by atoms with E-state index in [9.17, 15) is 5.11 Å². The van der Waals surface area contributed by atoms with Gasteiger partial charge in [-0.15, -0.1) is 0 Å². The zero-order valence-electron chi connectivity index (χ0n) is 14.2. The van der Waals surface area contributed by atoms with Crippen LogP contribution < -0.4 is 0 Å². The number of methoxy groups -OCH3 is 1. The molecule has 24 heavy (non-hydrogen) atoms. The number of hydrogen-bond acceptors (Lipinski definition) is 6. The molecule has 3 rings (SSSR count). The van der Waals surface area contributed by atoms with E-state index in [1.54, 1.807) is 7.11 Å². The fourth-order valence-corrected chi connectivity index (χ4v) is 3.08. The van der Waals surface area contributed by atoms with E-state index in [1.165, 1.54) is 0 Å². The maximum Gasteiger partial charge on any atom is 0.186 e. The molecule has 1 aromatic carbocycles. The van der Waals surface area contributed by atoms with E-state index < -0.39 is 30.9 Å². The van der Waals surface area contributed by atoms with Gasteiger partial charge in [0.1, 0.15) is 24.4 Å². The molecule has 2 fully saturated rings. The van der Waals surface area contributed by atoms with E-state index in [1.807, 2.05) is 30.3 Å². The van der Waals surface area contributed by atoms with Gasteiger partial charge in [0.05, 0.1) is 6.61 Å². The van der Waals surface area contributed by atoms with E-state index in [-0.39, 0.29) is 6.10 Å². The van der Waals surface area contributed by atoms with Crippen LogP contribution in [0.2, 0.25) is 0 Å². The third-order valence-electron chi connectivity index (χ3n) is 4.42. The largest absolute Gasteiger partial charge is 0.387 e. The Labute approximate surface area is 142 Å². The minimum atomic E-state index is -0.833. The number of aliphatic hydroxyl groups is 1. The summed E-state index contributed by atoms with van der Waals surface area (Å²) in [6.45, 7) is 2.98. The van der Waals surface area contributed by atoms with E-state index in [0.717, 1.165) is 18.4 Å². The van der Waals surface area contributed by atoms with Crippen molar-refractivity contribution in [1.82, 2.24) is 0 Å². The molecule has 134 valence electrons. The first-order valence-corrected chi connectivity index (χ1v) is 8.54. The highest BCUT2D eigenvalue weighted by atomic mass is 16.8. The Hall–Kier alpha value is -1.02. The van der Waals surface area contributed by atoms with Crippen LogP contribution in [0.1, 0.15) is 31.6 Å². The highest BCUT2D eigenvalue weighted by molar-refractivity contribution is 5.16. The van der Waals surface area contributed by atoms with Crippen molar-refractivity contribution in [1.29, 1.82) is 0 Å². The van der Waals surface area contributed by atoms with Crippen molar-refractivity contribution in [3.05, 3.63) is 35.9 Å². The lowest BCUT2D eigenvalue weighted by molar-refractivity contribution is -0.362. The Morgan fingerprint density at radius 2 is 2.00 bits per heavy atom. The minimum absolute atomic E-state index is 0.336. The molecule has 1 N–H and O–H groups in total. The zero-order valence-corrected chi connectivity index (χ0v) is 14.2. The second kappa shape index (κ2) is 8.38. The maximum atomic E-state index is 10.8. The fraction of sp³-hybridized carbons (Fsp3) is 0.667. The highest BCUT2D eigenvalue weighted by Crippen LogP contribution is 2.35. The maximum absolute atomic E-state index is 10.8. The quantitative estimate of drug-likeness (QED) is 0.801. The van der Waals surface area contributed by atoms with Gasteiger partial charge in [-0.1, -0.05) is 43.7 Å². The van der Waals surface area contributed by atoms with Crippen molar-refractivity contribution in [2.45, 2.75) is 56.8 Å². The lowest BCUT2D eigenvalue weighted by Crippen LogP contribution is -2.62. The second-order valence-electron chi connectivity index (χ2n) is 6.13. The fourth-order valence-electron chi connectivity index (χ4n) is 3.08. The van der Waals surface area contributed by atoms with E-state index in [2.05, 4.69) is 6.92 Å². The minimum Gasteiger partial charge on any atom is -0.387 e. The molecule has 0 unspecified atom stereocenters. The lowest BCUT2D eigenvalue weighted by Gasteiger charge is -2.47. The Kier molecular flexibility index (Phi) is 6.21. The number of ether oxygens (including phenoxy) is 5. The van der Waals surface area contributed by atoms with Gasteiger partial charge >= 0.3 is 0 Å². The predicted molar refractivity (Wildman–Crippen MR) is 86.3 cm³/mol. The number of benzene rings is 1. The molecule has 1 aromatic rings. The van der Waals surface area contributed by atoms with Crippen LogP contribution in [0.15, 0.2) is 30.3 Å². The molecule has 2 saturated heterocycles. The predicted octanol–water partition coefficient (Wildman–Crippen LogP) is 2.02. The number of fused-ring (bicyclic) bond motifs is 1. The van der Waals surface area contributed by atoms with Crippen molar-refractivity contribution in [3.8, 4) is 0 Å². The molecular formula is C18H26O6. The highest BCUT2D eigenvalue weighted by Gasteiger charge is 2.50. The molecule has 6 nitrogen and oxygen atoms in total. The van der Waals surface area contributed by atoms with Crippen LogP contribution >= 0.6 is 0 Å². The molecule has 6 atom stereocenters. The monoisotopic (exact) mass is 338 g/mol. The first-order chi connectivity index (χ1) is 11.7. The third-order valence-corrected chi connectivity index (χ3v) is 4.42. The van der Waals surface area contributed by atoms with Gasteiger partial charge in [0.15, 0.2) is 12.6 Å². The molecule has 0 aromatic heterocycles. The first-order valence-electron chi connectivity index (χ1n) is 8.54. The van der Waals surface area contributed by atoms with E-state index >= 15 is 0 Å². The van der Waals surface area contributed by atoms with E-state index in [0.29, 0.717) is 13.2 Å². The molecule has 0 radical (unpaired) electrons. The molecule has 2 aliphatic rings. The van der Waals surface area contributed by atoms with Crippen LogP contribution in [-0.2, 0) is 23.7 Å². The van der Waals surface area contributed by atoms with Gasteiger partial charge in [-0.3, -0.25) is 0 Å². The summed E-state index contributed by atoms with van der Waals surface area (Å²) in [6.07, 6.45) is -1.49. The zero-order chi connectivity index (χ0) is 16.9. The topological polar surface area (TPSA) is 66.4 Å². The van der Waals surface area contributed by atoms with Gasteiger partial charge < -0.3 is 28.8 Å². The molecule has 0 bridgehead atoms. The summed E-state index contributed by atoms with van der Waals surface area (Å²) in [5.41, 5.74) is 0.917. The first kappa shape index (κ1) is 17.8. The molecule has 0 amide bonds. The smallest absolute Gasteiger partial charge is 0.186 e. The Morgan fingerprint density at radius 3 is 2.71 bits per heavy atom. The summed E-state index contributed by atoms with van der Waals surface area (Å²) in [5, 5.41) is 10.8. The summed E-state index contributed by atoms with van der Waals surface area (Å²) in [5.74, 6) is 0. The molecule has 6 heteroatoms. The lowest BCUT2D eigenvalue weighted by atomic mass is 9.97. The SMILES string of the molecule is CCCCO[C@@H]1[C@@H](OC)O[C@@H]2CO[C@@H](c3ccccc3)O[C@H]2[C@@H]1O. The molecular weight excluding hydrogens is 312 g/mol. The average Bonchev–Trinajstić information content (AvgIpc) is 2.64. The standard InChI is InChI=1S/C18H26O6/c1-3-4-10-21-16-14(19)15-13(23-18(16)20-2)11-22-17(24-15)12-8-6-5-7-9-12/h5-9,13-19H,3-4,10-11H2,1-2H3/t13-,14+,15-,16+,17-,18+/m1/s1. The van der Waals surface area contributed by atoms with Crippen molar-refractivity contribution in [2.75, 3.05) is 20.3 Å². The van der Waals surface area contributed by atoms with Gasteiger partial charge in [0.2, 0.25) is 0 Å². The summed E-state index contributed by atoms with van der Waals surface area (Å²) in [7, 11) is 1.55. The molecule has 0 saturated carbocycles. The summed E-state index contributed by atoms with van der Waals surface area (Å²) < 4.78 is 28.8. The van der Waals surface area contributed by atoms with E-state index in [4.69, 9.17) is 23.7 Å². The second-order valence-corrected chi connectivity index (χ2v) is 6.13. The van der Waals surface area contributed by atoms with Crippen molar-refractivity contribution in [3.63, 3.8) is 0 Å². The summed E-state index contributed by atoms with van der Waals surface area (Å²) >= 11 is 0. The van der Waals surface area contributed by atoms with Crippen LogP contribution in [0.5, 0.6) is 0 Å². The normalized spacial score (nSPS) is 36.3. The van der Waals surface area contributed by atoms with Crippen LogP contribution in [0.25, 0.3) is 0 Å². The van der Waals surface area contributed by atoms with Crippen molar-refractivity contribution >= 4 is 0 Å². The molecule has 2 aliphatic heterocycles. The van der Waals surface area contributed by atoms with Gasteiger partial charge in [0.25, 0.3) is 0 Å². The van der Waals surface area contributed by atoms with Gasteiger partial charge in [-0.2, -0.15) is 0 Å². The average molecular weight is 338 g/mol. The Bertz CT molecular complexity index is 496. The number of hydrogen-bond donors (Lipinski definition) is 1. The van der Waals surface area contributed by atoms with Gasteiger partial charge in [-0.05, 0) is 6.42 Å². The van der Waals surface area contributed by atoms with Crippen LogP contribution in [-0.4, -0.2) is 56.1 Å². The summed E-state index contributed by atoms with van der Waals surface area (Å²) in [4.78, 5) is 0. The van der Waals surface area contributed by atoms with Gasteiger partial charge in [0, 0.05) is 19.3 Å². The van der Waals surface area contributed by atoms with Crippen molar-refractivity contribution < 1.29 is 28.8 Å². The summed E-state index contributed by atoms with van der Waals surface area (Å²) in [6, 6.07) is 9.68. The Balaban J connectivity index is 1.69.